The highest BCUT2D eigenvalue weighted by molar-refractivity contribution is 6.40. The van der Waals surface area contributed by atoms with Crippen LogP contribution in [-0.2, 0) is 6.61 Å². The van der Waals surface area contributed by atoms with E-state index in [2.05, 4.69) is 10.5 Å². The van der Waals surface area contributed by atoms with Crippen molar-refractivity contribution in [3.05, 3.63) is 69.5 Å². The predicted molar refractivity (Wildman–Crippen MR) is 103 cm³/mol. The van der Waals surface area contributed by atoms with Gasteiger partial charge in [0.2, 0.25) is 0 Å². The van der Waals surface area contributed by atoms with Crippen molar-refractivity contribution >= 4 is 34.8 Å². The maximum Gasteiger partial charge on any atom is 0.278 e. The Morgan fingerprint density at radius 3 is 2.37 bits per heavy atom. The molecule has 1 aromatic heterocycles. The summed E-state index contributed by atoms with van der Waals surface area (Å²) in [5.74, 6) is 1.34. The molecule has 0 saturated carbocycles. The average molecular weight is 407 g/mol. The van der Waals surface area contributed by atoms with E-state index >= 15 is 0 Å². The lowest BCUT2D eigenvalue weighted by Crippen LogP contribution is -2.16. The van der Waals surface area contributed by atoms with Crippen LogP contribution in [0.1, 0.15) is 21.8 Å². The van der Waals surface area contributed by atoms with Gasteiger partial charge in [0.1, 0.15) is 23.9 Å². The lowest BCUT2D eigenvalue weighted by molar-refractivity contribution is 0.101. The first-order valence-corrected chi connectivity index (χ1v) is 8.72. The summed E-state index contributed by atoms with van der Waals surface area (Å²) >= 11 is 12.2. The van der Waals surface area contributed by atoms with Gasteiger partial charge in [0.05, 0.1) is 28.4 Å². The van der Waals surface area contributed by atoms with Crippen molar-refractivity contribution in [1.82, 2.24) is 5.16 Å². The van der Waals surface area contributed by atoms with E-state index in [4.69, 9.17) is 37.2 Å². The smallest absolute Gasteiger partial charge is 0.278 e. The van der Waals surface area contributed by atoms with E-state index in [0.29, 0.717) is 32.8 Å². The summed E-state index contributed by atoms with van der Waals surface area (Å²) in [6.45, 7) is 1.82. The largest absolute Gasteiger partial charge is 0.497 e. The SMILES string of the molecule is COc1ccc(OCc2c(C(=O)Nc3c(Cl)cccc3Cl)noc2C)cc1. The molecule has 2 aromatic carbocycles. The lowest BCUT2D eigenvalue weighted by Gasteiger charge is -2.09. The maximum atomic E-state index is 12.6. The number of carbonyl (C=O) groups excluding carboxylic acids is 1. The van der Waals surface area contributed by atoms with E-state index in [1.54, 1.807) is 56.5 Å². The topological polar surface area (TPSA) is 73.6 Å². The third-order valence-corrected chi connectivity index (χ3v) is 4.47. The molecule has 0 atom stereocenters. The van der Waals surface area contributed by atoms with Crippen LogP contribution in [-0.4, -0.2) is 18.2 Å². The van der Waals surface area contributed by atoms with Gasteiger partial charge in [-0.1, -0.05) is 34.4 Å². The standard InChI is InChI=1S/C19H16Cl2N2O4/c1-11-14(10-26-13-8-6-12(25-2)7-9-13)17(23-27-11)19(24)22-18-15(20)4-3-5-16(18)21/h3-9H,10H2,1-2H3,(H,22,24). The molecule has 0 fully saturated rings. The lowest BCUT2D eigenvalue weighted by atomic mass is 10.2. The molecule has 0 bridgehead atoms. The zero-order chi connectivity index (χ0) is 19.4. The normalized spacial score (nSPS) is 10.5. The first kappa shape index (κ1) is 19.1. The molecule has 0 radical (unpaired) electrons. The number of amides is 1. The van der Waals surface area contributed by atoms with Crippen molar-refractivity contribution < 1.29 is 18.8 Å². The van der Waals surface area contributed by atoms with E-state index in [9.17, 15) is 4.79 Å². The van der Waals surface area contributed by atoms with Crippen LogP contribution in [0.4, 0.5) is 5.69 Å². The number of halogens is 2. The number of ether oxygens (including phenoxy) is 2. The Balaban J connectivity index is 1.76. The predicted octanol–water partition coefficient (Wildman–Crippen LogP) is 5.13. The van der Waals surface area contributed by atoms with Gasteiger partial charge in [0, 0.05) is 0 Å². The quantitative estimate of drug-likeness (QED) is 0.613. The van der Waals surface area contributed by atoms with Crippen LogP contribution < -0.4 is 14.8 Å². The average Bonchev–Trinajstić information content (AvgIpc) is 3.04. The molecule has 0 aliphatic carbocycles. The minimum absolute atomic E-state index is 0.108. The minimum atomic E-state index is -0.491. The van der Waals surface area contributed by atoms with Crippen molar-refractivity contribution in [3.8, 4) is 11.5 Å². The van der Waals surface area contributed by atoms with Crippen molar-refractivity contribution in [2.45, 2.75) is 13.5 Å². The summed E-state index contributed by atoms with van der Waals surface area (Å²) in [4.78, 5) is 12.6. The van der Waals surface area contributed by atoms with Gasteiger partial charge in [0.15, 0.2) is 5.69 Å². The molecular formula is C19H16Cl2N2O4. The summed E-state index contributed by atoms with van der Waals surface area (Å²) in [6, 6.07) is 12.0. The Morgan fingerprint density at radius 2 is 1.74 bits per heavy atom. The molecule has 0 aliphatic heterocycles. The Kier molecular flexibility index (Phi) is 5.88. The van der Waals surface area contributed by atoms with Crippen LogP contribution in [0.5, 0.6) is 11.5 Å². The molecule has 0 spiro atoms. The highest BCUT2D eigenvalue weighted by atomic mass is 35.5. The van der Waals surface area contributed by atoms with E-state index < -0.39 is 5.91 Å². The first-order chi connectivity index (χ1) is 13.0. The first-order valence-electron chi connectivity index (χ1n) is 7.97. The van der Waals surface area contributed by atoms with Crippen LogP contribution in [0.2, 0.25) is 10.0 Å². The molecule has 1 heterocycles. The number of nitrogens with one attached hydrogen (secondary N) is 1. The number of aryl methyl sites for hydroxylation is 1. The highest BCUT2D eigenvalue weighted by Crippen LogP contribution is 2.30. The van der Waals surface area contributed by atoms with E-state index in [1.165, 1.54) is 0 Å². The second-order valence-electron chi connectivity index (χ2n) is 5.58. The number of hydrogen-bond acceptors (Lipinski definition) is 5. The fourth-order valence-corrected chi connectivity index (χ4v) is 2.85. The molecule has 27 heavy (non-hydrogen) atoms. The number of rotatable bonds is 6. The minimum Gasteiger partial charge on any atom is -0.497 e. The monoisotopic (exact) mass is 406 g/mol. The number of anilines is 1. The number of hydrogen-bond donors (Lipinski definition) is 1. The molecule has 0 aliphatic rings. The third kappa shape index (κ3) is 4.35. The zero-order valence-electron chi connectivity index (χ0n) is 14.6. The molecule has 0 unspecified atom stereocenters. The number of benzene rings is 2. The van der Waals surface area contributed by atoms with Gasteiger partial charge in [-0.2, -0.15) is 0 Å². The van der Waals surface area contributed by atoms with Crippen molar-refractivity contribution in [3.63, 3.8) is 0 Å². The van der Waals surface area contributed by atoms with Gasteiger partial charge >= 0.3 is 0 Å². The number of para-hydroxylation sites is 1. The van der Waals surface area contributed by atoms with E-state index in [0.717, 1.165) is 5.75 Å². The van der Waals surface area contributed by atoms with Gasteiger partial charge in [-0.3, -0.25) is 4.79 Å². The molecule has 140 valence electrons. The molecular weight excluding hydrogens is 391 g/mol. The zero-order valence-corrected chi connectivity index (χ0v) is 16.1. The number of carbonyl (C=O) groups is 1. The van der Waals surface area contributed by atoms with Crippen LogP contribution in [0.3, 0.4) is 0 Å². The van der Waals surface area contributed by atoms with Crippen LogP contribution >= 0.6 is 23.2 Å². The Morgan fingerprint density at radius 1 is 1.11 bits per heavy atom. The van der Waals surface area contributed by atoms with Gasteiger partial charge in [-0.25, -0.2) is 0 Å². The van der Waals surface area contributed by atoms with Crippen molar-refractivity contribution in [2.24, 2.45) is 0 Å². The second-order valence-corrected chi connectivity index (χ2v) is 6.40. The van der Waals surface area contributed by atoms with Gasteiger partial charge in [-0.05, 0) is 43.3 Å². The van der Waals surface area contributed by atoms with Gasteiger partial charge in [0.25, 0.3) is 5.91 Å². The van der Waals surface area contributed by atoms with Crippen LogP contribution in [0, 0.1) is 6.92 Å². The molecule has 6 nitrogen and oxygen atoms in total. The maximum absolute atomic E-state index is 12.6. The van der Waals surface area contributed by atoms with E-state index in [-0.39, 0.29) is 12.3 Å². The highest BCUT2D eigenvalue weighted by Gasteiger charge is 2.22. The fraction of sp³-hybridized carbons (Fsp3) is 0.158. The van der Waals surface area contributed by atoms with Crippen molar-refractivity contribution in [1.29, 1.82) is 0 Å². The number of nitrogens with zero attached hydrogens (tertiary/aromatic N) is 1. The number of methoxy groups -OCH3 is 1. The third-order valence-electron chi connectivity index (χ3n) is 3.84. The molecule has 8 heteroatoms. The molecule has 1 amide bonds. The van der Waals surface area contributed by atoms with Gasteiger partial charge in [-0.15, -0.1) is 0 Å². The Bertz CT molecular complexity index is 935. The van der Waals surface area contributed by atoms with E-state index in [1.807, 2.05) is 0 Å². The van der Waals surface area contributed by atoms with Crippen LogP contribution in [0.25, 0.3) is 0 Å². The summed E-state index contributed by atoms with van der Waals surface area (Å²) in [7, 11) is 1.59. The summed E-state index contributed by atoms with van der Waals surface area (Å²) < 4.78 is 16.0. The Hall–Kier alpha value is -2.70. The van der Waals surface area contributed by atoms with Crippen LogP contribution in [0.15, 0.2) is 47.0 Å². The molecule has 1 N–H and O–H groups in total. The fourth-order valence-electron chi connectivity index (χ4n) is 2.36. The molecule has 3 rings (SSSR count). The molecule has 0 saturated heterocycles. The van der Waals surface area contributed by atoms with Gasteiger partial charge < -0.3 is 19.3 Å². The number of aromatic nitrogens is 1. The summed E-state index contributed by atoms with van der Waals surface area (Å²) in [5, 5.41) is 7.15. The summed E-state index contributed by atoms with van der Waals surface area (Å²) in [5.41, 5.74) is 0.956. The summed E-state index contributed by atoms with van der Waals surface area (Å²) in [6.07, 6.45) is 0. The molecule has 3 aromatic rings. The van der Waals surface area contributed by atoms with Crippen molar-refractivity contribution in [2.75, 3.05) is 12.4 Å². The Labute approximate surface area is 166 Å². The second kappa shape index (κ2) is 8.33.